The molecule has 4 nitrogen and oxygen atoms in total. The quantitative estimate of drug-likeness (QED) is 0.294. The van der Waals surface area contributed by atoms with Gasteiger partial charge in [0.05, 0.1) is 0 Å². The van der Waals surface area contributed by atoms with Gasteiger partial charge in [0.1, 0.15) is 0 Å². The van der Waals surface area contributed by atoms with Crippen molar-refractivity contribution in [2.75, 3.05) is 20.1 Å². The Hall–Kier alpha value is -0.850. The van der Waals surface area contributed by atoms with E-state index in [-0.39, 0.29) is 24.0 Å². The molecule has 5 heteroatoms. The van der Waals surface area contributed by atoms with Crippen LogP contribution < -0.4 is 10.6 Å². The molecule has 126 valence electrons. The van der Waals surface area contributed by atoms with Gasteiger partial charge < -0.3 is 10.6 Å². The van der Waals surface area contributed by atoms with Crippen LogP contribution >= 0.6 is 24.0 Å². The van der Waals surface area contributed by atoms with Gasteiger partial charge in [0.2, 0.25) is 0 Å². The van der Waals surface area contributed by atoms with Crippen molar-refractivity contribution < 1.29 is 0 Å². The van der Waals surface area contributed by atoms with Crippen molar-refractivity contribution in [1.29, 1.82) is 0 Å². The molecule has 0 fully saturated rings. The highest BCUT2D eigenvalue weighted by atomic mass is 127. The summed E-state index contributed by atoms with van der Waals surface area (Å²) in [4.78, 5) is 8.55. The molecule has 0 amide bonds. The second kappa shape index (κ2) is 12.7. The standard InChI is InChI=1S/C17H30N4.HI/c1-14(2)7-5-6-11-19-17(18-4)20-12-10-16-9-8-15(3)21-13-16;/h8-9,13-14H,5-7,10-12H2,1-4H3,(H2,18,19,20);1H. The second-order valence-corrected chi connectivity index (χ2v) is 5.87. The Kier molecular flexibility index (Phi) is 12.2. The van der Waals surface area contributed by atoms with Crippen LogP contribution in [0.1, 0.15) is 44.4 Å². The molecular weight excluding hydrogens is 387 g/mol. The number of unbranched alkanes of at least 4 members (excludes halogenated alkanes) is 1. The van der Waals surface area contributed by atoms with Gasteiger partial charge in [-0.3, -0.25) is 9.98 Å². The monoisotopic (exact) mass is 418 g/mol. The molecule has 0 aromatic carbocycles. The highest BCUT2D eigenvalue weighted by Gasteiger charge is 1.99. The van der Waals surface area contributed by atoms with Gasteiger partial charge in [-0.25, -0.2) is 0 Å². The van der Waals surface area contributed by atoms with Crippen LogP contribution in [0.2, 0.25) is 0 Å². The van der Waals surface area contributed by atoms with Crippen molar-refractivity contribution in [3.63, 3.8) is 0 Å². The number of aromatic nitrogens is 1. The summed E-state index contributed by atoms with van der Waals surface area (Å²) in [5.74, 6) is 1.69. The van der Waals surface area contributed by atoms with E-state index in [9.17, 15) is 0 Å². The topological polar surface area (TPSA) is 49.3 Å². The first-order valence-electron chi connectivity index (χ1n) is 7.98. The van der Waals surface area contributed by atoms with Crippen LogP contribution in [0.25, 0.3) is 0 Å². The highest BCUT2D eigenvalue weighted by Crippen LogP contribution is 2.05. The Morgan fingerprint density at radius 2 is 1.91 bits per heavy atom. The van der Waals surface area contributed by atoms with E-state index in [1.54, 1.807) is 0 Å². The maximum absolute atomic E-state index is 4.31. The van der Waals surface area contributed by atoms with E-state index in [1.165, 1.54) is 24.8 Å². The van der Waals surface area contributed by atoms with Crippen molar-refractivity contribution in [3.8, 4) is 0 Å². The Morgan fingerprint density at radius 3 is 2.50 bits per heavy atom. The van der Waals surface area contributed by atoms with E-state index in [1.807, 2.05) is 20.2 Å². The van der Waals surface area contributed by atoms with Gasteiger partial charge in [0.15, 0.2) is 5.96 Å². The van der Waals surface area contributed by atoms with Crippen LogP contribution in [0.5, 0.6) is 0 Å². The molecule has 2 N–H and O–H groups in total. The number of hydrogen-bond donors (Lipinski definition) is 2. The number of pyridine rings is 1. The molecule has 0 radical (unpaired) electrons. The van der Waals surface area contributed by atoms with Crippen molar-refractivity contribution in [2.24, 2.45) is 10.9 Å². The molecule has 0 unspecified atom stereocenters. The predicted molar refractivity (Wildman–Crippen MR) is 106 cm³/mol. The second-order valence-electron chi connectivity index (χ2n) is 5.87. The fourth-order valence-electron chi connectivity index (χ4n) is 2.08. The summed E-state index contributed by atoms with van der Waals surface area (Å²) in [5.41, 5.74) is 2.31. The van der Waals surface area contributed by atoms with Gasteiger partial charge in [-0.2, -0.15) is 0 Å². The van der Waals surface area contributed by atoms with Crippen LogP contribution in [0.3, 0.4) is 0 Å². The molecule has 0 aliphatic rings. The molecule has 0 aliphatic carbocycles. The fraction of sp³-hybridized carbons (Fsp3) is 0.647. The summed E-state index contributed by atoms with van der Waals surface area (Å²) in [6.07, 6.45) is 6.67. The molecule has 1 rings (SSSR count). The van der Waals surface area contributed by atoms with Crippen LogP contribution in [0, 0.1) is 12.8 Å². The smallest absolute Gasteiger partial charge is 0.190 e. The van der Waals surface area contributed by atoms with E-state index < -0.39 is 0 Å². The largest absolute Gasteiger partial charge is 0.356 e. The zero-order chi connectivity index (χ0) is 15.5. The molecule has 0 spiro atoms. The van der Waals surface area contributed by atoms with Gasteiger partial charge in [-0.05, 0) is 37.3 Å². The molecule has 0 saturated heterocycles. The first-order chi connectivity index (χ1) is 10.1. The minimum atomic E-state index is 0. The third-order valence-corrected chi connectivity index (χ3v) is 3.40. The molecule has 0 bridgehead atoms. The fourth-order valence-corrected chi connectivity index (χ4v) is 2.08. The van der Waals surface area contributed by atoms with Gasteiger partial charge in [0, 0.05) is 32.0 Å². The first-order valence-corrected chi connectivity index (χ1v) is 7.98. The lowest BCUT2D eigenvalue weighted by Gasteiger charge is -2.12. The molecule has 0 atom stereocenters. The lowest BCUT2D eigenvalue weighted by atomic mass is 10.1. The lowest BCUT2D eigenvalue weighted by molar-refractivity contribution is 0.534. The van der Waals surface area contributed by atoms with Gasteiger partial charge in [0.25, 0.3) is 0 Å². The summed E-state index contributed by atoms with van der Waals surface area (Å²) < 4.78 is 0. The number of aryl methyl sites for hydroxylation is 1. The van der Waals surface area contributed by atoms with E-state index >= 15 is 0 Å². The van der Waals surface area contributed by atoms with E-state index in [0.717, 1.165) is 37.1 Å². The van der Waals surface area contributed by atoms with Crippen molar-refractivity contribution in [1.82, 2.24) is 15.6 Å². The normalized spacial score (nSPS) is 11.2. The van der Waals surface area contributed by atoms with Crippen molar-refractivity contribution >= 4 is 29.9 Å². The third kappa shape index (κ3) is 9.97. The Labute approximate surface area is 152 Å². The highest BCUT2D eigenvalue weighted by molar-refractivity contribution is 14.0. The number of aliphatic imine (C=N–C) groups is 1. The number of nitrogens with one attached hydrogen (secondary N) is 2. The Bertz CT molecular complexity index is 415. The molecule has 22 heavy (non-hydrogen) atoms. The minimum absolute atomic E-state index is 0. The number of rotatable bonds is 8. The SMILES string of the molecule is CN=C(NCCCCC(C)C)NCCc1ccc(C)nc1.I. The zero-order valence-electron chi connectivity index (χ0n) is 14.4. The summed E-state index contributed by atoms with van der Waals surface area (Å²) in [6, 6.07) is 4.18. The molecule has 0 saturated carbocycles. The summed E-state index contributed by atoms with van der Waals surface area (Å²) >= 11 is 0. The molecular formula is C17H31IN4. The van der Waals surface area contributed by atoms with Crippen LogP contribution in [0.15, 0.2) is 23.3 Å². The Morgan fingerprint density at radius 1 is 1.18 bits per heavy atom. The van der Waals surface area contributed by atoms with Crippen molar-refractivity contribution in [3.05, 3.63) is 29.6 Å². The molecule has 1 aromatic rings. The zero-order valence-corrected chi connectivity index (χ0v) is 16.7. The van der Waals surface area contributed by atoms with Gasteiger partial charge in [-0.1, -0.05) is 32.8 Å². The number of guanidine groups is 1. The Balaban J connectivity index is 0.00000441. The average molecular weight is 418 g/mol. The van der Waals surface area contributed by atoms with Crippen LogP contribution in [-0.2, 0) is 6.42 Å². The minimum Gasteiger partial charge on any atom is -0.356 e. The average Bonchev–Trinajstić information content (AvgIpc) is 2.46. The predicted octanol–water partition coefficient (Wildman–Crippen LogP) is 3.54. The number of hydrogen-bond acceptors (Lipinski definition) is 2. The third-order valence-electron chi connectivity index (χ3n) is 3.40. The maximum Gasteiger partial charge on any atom is 0.190 e. The summed E-state index contributed by atoms with van der Waals surface area (Å²) in [7, 11) is 1.82. The van der Waals surface area contributed by atoms with E-state index in [4.69, 9.17) is 0 Å². The number of halogens is 1. The number of nitrogens with zero attached hydrogens (tertiary/aromatic N) is 2. The van der Waals surface area contributed by atoms with E-state index in [2.05, 4.69) is 46.6 Å². The van der Waals surface area contributed by atoms with Crippen molar-refractivity contribution in [2.45, 2.75) is 46.5 Å². The van der Waals surface area contributed by atoms with E-state index in [0.29, 0.717) is 0 Å². The molecule has 0 aliphatic heterocycles. The molecule has 1 heterocycles. The van der Waals surface area contributed by atoms with Crippen LogP contribution in [0.4, 0.5) is 0 Å². The van der Waals surface area contributed by atoms with Gasteiger partial charge >= 0.3 is 0 Å². The van der Waals surface area contributed by atoms with Gasteiger partial charge in [-0.15, -0.1) is 24.0 Å². The van der Waals surface area contributed by atoms with Crippen LogP contribution in [-0.4, -0.2) is 31.1 Å². The first kappa shape index (κ1) is 21.1. The lowest BCUT2D eigenvalue weighted by Crippen LogP contribution is -2.38. The summed E-state index contributed by atoms with van der Waals surface area (Å²) in [6.45, 7) is 8.41. The maximum atomic E-state index is 4.31. The summed E-state index contributed by atoms with van der Waals surface area (Å²) in [5, 5.41) is 6.71. The molecule has 1 aromatic heterocycles.